The van der Waals surface area contributed by atoms with Crippen molar-refractivity contribution in [3.05, 3.63) is 58.7 Å². The number of nitrogens with zero attached hydrogens (tertiary/aromatic N) is 2. The van der Waals surface area contributed by atoms with Crippen LogP contribution < -0.4 is 0 Å². The Morgan fingerprint density at radius 1 is 1.33 bits per heavy atom. The molecule has 122 valence electrons. The van der Waals surface area contributed by atoms with Crippen LogP contribution in [0.4, 0.5) is 0 Å². The van der Waals surface area contributed by atoms with Crippen LogP contribution in [0.3, 0.4) is 0 Å². The molecular weight excluding hydrogens is 318 g/mol. The molecule has 4 nitrogen and oxygen atoms in total. The molecule has 4 rings (SSSR count). The fraction of sp³-hybridized carbons (Fsp3) is 0.263. The number of nitrogens with one attached hydrogen (secondary N) is 1. The van der Waals surface area contributed by atoms with Gasteiger partial charge in [0, 0.05) is 29.2 Å². The quantitative estimate of drug-likeness (QED) is 0.721. The van der Waals surface area contributed by atoms with E-state index >= 15 is 0 Å². The molecule has 1 aliphatic heterocycles. The molecule has 1 aromatic carbocycles. The van der Waals surface area contributed by atoms with E-state index in [1.165, 1.54) is 16.7 Å². The van der Waals surface area contributed by atoms with E-state index in [4.69, 9.17) is 0 Å². The minimum Gasteiger partial charge on any atom is -0.357 e. The minimum absolute atomic E-state index is 0.0614. The summed E-state index contributed by atoms with van der Waals surface area (Å²) in [4.78, 5) is 22.4. The summed E-state index contributed by atoms with van der Waals surface area (Å²) in [5, 5.41) is 3.14. The summed E-state index contributed by atoms with van der Waals surface area (Å²) in [6.45, 7) is 0.806. The first-order chi connectivity index (χ1) is 11.8. The highest BCUT2D eigenvalue weighted by molar-refractivity contribution is 7.07. The number of rotatable bonds is 3. The Hall–Kier alpha value is -2.40. The van der Waals surface area contributed by atoms with Crippen LogP contribution in [0.5, 0.6) is 0 Å². The zero-order valence-corrected chi connectivity index (χ0v) is 14.1. The molecule has 0 aliphatic carbocycles. The van der Waals surface area contributed by atoms with Crippen LogP contribution in [0.15, 0.2) is 47.3 Å². The zero-order chi connectivity index (χ0) is 16.4. The van der Waals surface area contributed by atoms with Crippen molar-refractivity contribution in [1.29, 1.82) is 0 Å². The van der Waals surface area contributed by atoms with E-state index in [0.717, 1.165) is 42.7 Å². The lowest BCUT2D eigenvalue weighted by Gasteiger charge is -2.34. The molecule has 5 heteroatoms. The number of carbonyl (C=O) groups excluding carboxylic acids is 1. The van der Waals surface area contributed by atoms with E-state index in [0.29, 0.717) is 0 Å². The molecule has 0 radical (unpaired) electrons. The van der Waals surface area contributed by atoms with Gasteiger partial charge in [0.1, 0.15) is 0 Å². The first-order valence-corrected chi connectivity index (χ1v) is 9.20. The normalized spacial score (nSPS) is 18.5. The monoisotopic (exact) mass is 337 g/mol. The Morgan fingerprint density at radius 2 is 2.25 bits per heavy atom. The molecular formula is C19H19N3OS. The number of carbonyl (C=O) groups is 1. The van der Waals surface area contributed by atoms with E-state index < -0.39 is 0 Å². The Balaban J connectivity index is 1.59. The smallest absolute Gasteiger partial charge is 0.247 e. The number of thiazole rings is 1. The molecule has 1 atom stereocenters. The first-order valence-electron chi connectivity index (χ1n) is 8.26. The van der Waals surface area contributed by atoms with Gasteiger partial charge in [-0.3, -0.25) is 4.79 Å². The number of fused-ring (bicyclic) bond motifs is 1. The lowest BCUT2D eigenvalue weighted by molar-refractivity contribution is -0.129. The standard InChI is InChI=1S/C19H19N3OS/c23-19(9-8-15-12-24-13-20-15)22-10-4-3-7-18(22)17-11-14-5-1-2-6-16(14)21-17/h1-2,5-6,8-9,11-13,18,21H,3-4,7,10H2/b9-8+. The number of aromatic amines is 1. The molecule has 3 heterocycles. The zero-order valence-electron chi connectivity index (χ0n) is 13.3. The summed E-state index contributed by atoms with van der Waals surface area (Å²) >= 11 is 1.53. The van der Waals surface area contributed by atoms with Crippen LogP contribution in [0.25, 0.3) is 17.0 Å². The average Bonchev–Trinajstić information content (AvgIpc) is 3.29. The Kier molecular flexibility index (Phi) is 4.17. The van der Waals surface area contributed by atoms with Crippen molar-refractivity contribution in [2.75, 3.05) is 6.54 Å². The van der Waals surface area contributed by atoms with Gasteiger partial charge >= 0.3 is 0 Å². The van der Waals surface area contributed by atoms with E-state index in [9.17, 15) is 4.79 Å². The average molecular weight is 337 g/mol. The number of H-pyrrole nitrogens is 1. The number of benzene rings is 1. The predicted molar refractivity (Wildman–Crippen MR) is 97.8 cm³/mol. The summed E-state index contributed by atoms with van der Waals surface area (Å²) < 4.78 is 0. The van der Waals surface area contributed by atoms with Gasteiger partial charge < -0.3 is 9.88 Å². The molecule has 1 amide bonds. The molecule has 1 N–H and O–H groups in total. The SMILES string of the molecule is O=C(/C=C/c1cscn1)N1CCCCC1c1cc2ccccc2[nH]1. The molecule has 1 fully saturated rings. The highest BCUT2D eigenvalue weighted by Crippen LogP contribution is 2.32. The summed E-state index contributed by atoms with van der Waals surface area (Å²) in [6, 6.07) is 10.6. The van der Waals surface area contributed by atoms with Crippen molar-refractivity contribution in [2.45, 2.75) is 25.3 Å². The highest BCUT2D eigenvalue weighted by Gasteiger charge is 2.27. The second kappa shape index (κ2) is 6.61. The molecule has 3 aromatic rings. The van der Waals surface area contributed by atoms with Gasteiger partial charge in [-0.2, -0.15) is 0 Å². The first kappa shape index (κ1) is 15.1. The Bertz CT molecular complexity index is 833. The fourth-order valence-electron chi connectivity index (χ4n) is 3.35. The second-order valence-corrected chi connectivity index (χ2v) is 6.82. The van der Waals surface area contributed by atoms with E-state index in [1.54, 1.807) is 17.7 Å². The molecule has 1 aliphatic rings. The molecule has 0 bridgehead atoms. The molecule has 0 spiro atoms. The van der Waals surface area contributed by atoms with Crippen molar-refractivity contribution in [2.24, 2.45) is 0 Å². The predicted octanol–water partition coefficient (Wildman–Crippen LogP) is 4.39. The van der Waals surface area contributed by atoms with Gasteiger partial charge in [-0.15, -0.1) is 11.3 Å². The van der Waals surface area contributed by atoms with Gasteiger partial charge in [-0.1, -0.05) is 18.2 Å². The summed E-state index contributed by atoms with van der Waals surface area (Å²) in [5.74, 6) is 0.0614. The van der Waals surface area contributed by atoms with Crippen molar-refractivity contribution < 1.29 is 4.79 Å². The number of aromatic nitrogens is 2. The van der Waals surface area contributed by atoms with Gasteiger partial charge in [0.05, 0.1) is 17.2 Å². The lowest BCUT2D eigenvalue weighted by Crippen LogP contribution is -2.37. The van der Waals surface area contributed by atoms with E-state index in [2.05, 4.69) is 28.2 Å². The van der Waals surface area contributed by atoms with Crippen LogP contribution in [0.1, 0.15) is 36.7 Å². The minimum atomic E-state index is 0.0614. The highest BCUT2D eigenvalue weighted by atomic mass is 32.1. The van der Waals surface area contributed by atoms with Gasteiger partial charge in [0.2, 0.25) is 5.91 Å². The largest absolute Gasteiger partial charge is 0.357 e. The van der Waals surface area contributed by atoms with Crippen molar-refractivity contribution in [1.82, 2.24) is 14.9 Å². The van der Waals surface area contributed by atoms with Gasteiger partial charge in [0.15, 0.2) is 0 Å². The van der Waals surface area contributed by atoms with E-state index in [1.807, 2.05) is 22.4 Å². The summed E-state index contributed by atoms with van der Waals surface area (Å²) in [5.41, 5.74) is 4.88. The van der Waals surface area contributed by atoms with Gasteiger partial charge in [0.25, 0.3) is 0 Å². The van der Waals surface area contributed by atoms with Gasteiger partial charge in [-0.25, -0.2) is 4.98 Å². The fourth-order valence-corrected chi connectivity index (χ4v) is 3.87. The Morgan fingerprint density at radius 3 is 3.08 bits per heavy atom. The number of amides is 1. The molecule has 1 unspecified atom stereocenters. The summed E-state index contributed by atoms with van der Waals surface area (Å²) in [7, 11) is 0. The van der Waals surface area contributed by atoms with Crippen LogP contribution >= 0.6 is 11.3 Å². The Labute approximate surface area is 144 Å². The number of hydrogen-bond acceptors (Lipinski definition) is 3. The maximum Gasteiger partial charge on any atom is 0.247 e. The van der Waals surface area contributed by atoms with Crippen LogP contribution in [-0.4, -0.2) is 27.3 Å². The van der Waals surface area contributed by atoms with Crippen molar-refractivity contribution in [3.63, 3.8) is 0 Å². The lowest BCUT2D eigenvalue weighted by atomic mass is 9.99. The third kappa shape index (κ3) is 2.99. The summed E-state index contributed by atoms with van der Waals surface area (Å²) in [6.07, 6.45) is 6.67. The topological polar surface area (TPSA) is 49.0 Å². The van der Waals surface area contributed by atoms with E-state index in [-0.39, 0.29) is 11.9 Å². The molecule has 2 aromatic heterocycles. The third-order valence-corrected chi connectivity index (χ3v) is 5.15. The number of hydrogen-bond donors (Lipinski definition) is 1. The number of piperidine rings is 1. The second-order valence-electron chi connectivity index (χ2n) is 6.10. The van der Waals surface area contributed by atoms with Crippen LogP contribution in [0.2, 0.25) is 0 Å². The van der Waals surface area contributed by atoms with Crippen LogP contribution in [-0.2, 0) is 4.79 Å². The molecule has 1 saturated heterocycles. The molecule has 0 saturated carbocycles. The van der Waals surface area contributed by atoms with Crippen molar-refractivity contribution >= 4 is 34.2 Å². The van der Waals surface area contributed by atoms with Crippen LogP contribution in [0, 0.1) is 0 Å². The van der Waals surface area contributed by atoms with Crippen molar-refractivity contribution in [3.8, 4) is 0 Å². The van der Waals surface area contributed by atoms with Gasteiger partial charge in [-0.05, 0) is 42.9 Å². The molecule has 24 heavy (non-hydrogen) atoms. The maximum absolute atomic E-state index is 12.7. The third-order valence-electron chi connectivity index (χ3n) is 4.54. The number of likely N-dealkylation sites (tertiary alicyclic amines) is 1. The number of para-hydroxylation sites is 1. The maximum atomic E-state index is 12.7.